The number of nitro groups is 1. The molecule has 0 radical (unpaired) electrons. The number of halogens is 3. The maximum Gasteiger partial charge on any atom is 0.416 e. The Morgan fingerprint density at radius 1 is 1.41 bits per heavy atom. The van der Waals surface area contributed by atoms with E-state index in [9.17, 15) is 23.3 Å². The van der Waals surface area contributed by atoms with Crippen molar-refractivity contribution in [3.05, 3.63) is 39.4 Å². The smallest absolute Gasteiger partial charge is 0.258 e. The van der Waals surface area contributed by atoms with Gasteiger partial charge in [-0.15, -0.1) is 0 Å². The standard InChI is InChI=1S/C10H7F3N2O2/c1-6(5-14)7-2-8(10(11,12)13)4-9(3-7)15(16)17/h2-4,6H,1H3. The van der Waals surface area contributed by atoms with Crippen LogP contribution in [0.4, 0.5) is 18.9 Å². The molecule has 17 heavy (non-hydrogen) atoms. The normalized spacial score (nSPS) is 12.9. The summed E-state index contributed by atoms with van der Waals surface area (Å²) >= 11 is 0. The molecule has 1 aromatic carbocycles. The van der Waals surface area contributed by atoms with E-state index in [0.717, 1.165) is 12.1 Å². The second kappa shape index (κ2) is 4.41. The third-order valence-electron chi connectivity index (χ3n) is 2.17. The summed E-state index contributed by atoms with van der Waals surface area (Å²) in [6.07, 6.45) is -4.67. The second-order valence-electron chi connectivity index (χ2n) is 3.42. The monoisotopic (exact) mass is 244 g/mol. The predicted octanol–water partition coefficient (Wildman–Crippen LogP) is 3.24. The van der Waals surface area contributed by atoms with E-state index in [-0.39, 0.29) is 5.56 Å². The molecule has 0 aromatic heterocycles. The molecule has 1 atom stereocenters. The van der Waals surface area contributed by atoms with E-state index < -0.39 is 28.3 Å². The van der Waals surface area contributed by atoms with Gasteiger partial charge >= 0.3 is 6.18 Å². The van der Waals surface area contributed by atoms with Gasteiger partial charge in [-0.2, -0.15) is 18.4 Å². The Morgan fingerprint density at radius 2 is 2.00 bits per heavy atom. The Morgan fingerprint density at radius 3 is 2.41 bits per heavy atom. The van der Waals surface area contributed by atoms with Crippen LogP contribution in [-0.2, 0) is 6.18 Å². The van der Waals surface area contributed by atoms with Gasteiger partial charge in [-0.25, -0.2) is 0 Å². The molecule has 1 unspecified atom stereocenters. The molecule has 0 bridgehead atoms. The van der Waals surface area contributed by atoms with E-state index in [1.54, 1.807) is 6.07 Å². The van der Waals surface area contributed by atoms with Gasteiger partial charge < -0.3 is 0 Å². The molecule has 0 N–H and O–H groups in total. The van der Waals surface area contributed by atoms with Gasteiger partial charge in [0, 0.05) is 12.1 Å². The number of hydrogen-bond acceptors (Lipinski definition) is 3. The largest absolute Gasteiger partial charge is 0.416 e. The fourth-order valence-electron chi connectivity index (χ4n) is 1.23. The highest BCUT2D eigenvalue weighted by Gasteiger charge is 2.33. The Balaban J connectivity index is 3.40. The summed E-state index contributed by atoms with van der Waals surface area (Å²) in [5.41, 5.74) is -1.81. The van der Waals surface area contributed by atoms with Crippen LogP contribution in [-0.4, -0.2) is 4.92 Å². The summed E-state index contributed by atoms with van der Waals surface area (Å²) < 4.78 is 37.4. The first-order valence-corrected chi connectivity index (χ1v) is 4.52. The van der Waals surface area contributed by atoms with Gasteiger partial charge in [0.2, 0.25) is 0 Å². The van der Waals surface area contributed by atoms with E-state index in [0.29, 0.717) is 6.07 Å². The molecule has 0 saturated heterocycles. The van der Waals surface area contributed by atoms with Crippen LogP contribution in [0, 0.1) is 21.4 Å². The van der Waals surface area contributed by atoms with Crippen LogP contribution < -0.4 is 0 Å². The van der Waals surface area contributed by atoms with Crippen LogP contribution in [0.15, 0.2) is 18.2 Å². The van der Waals surface area contributed by atoms with Gasteiger partial charge in [-0.3, -0.25) is 10.1 Å². The van der Waals surface area contributed by atoms with E-state index in [1.807, 2.05) is 0 Å². The first kappa shape index (κ1) is 13.0. The highest BCUT2D eigenvalue weighted by Crippen LogP contribution is 2.34. The van der Waals surface area contributed by atoms with Crippen molar-refractivity contribution in [3.63, 3.8) is 0 Å². The summed E-state index contributed by atoms with van der Waals surface area (Å²) in [4.78, 5) is 9.58. The molecule has 0 saturated carbocycles. The maximum atomic E-state index is 12.5. The lowest BCUT2D eigenvalue weighted by Crippen LogP contribution is -2.07. The van der Waals surface area contributed by atoms with Crippen LogP contribution >= 0.6 is 0 Å². The van der Waals surface area contributed by atoms with Gasteiger partial charge in [0.15, 0.2) is 0 Å². The second-order valence-corrected chi connectivity index (χ2v) is 3.42. The van der Waals surface area contributed by atoms with Crippen LogP contribution in [0.1, 0.15) is 24.0 Å². The molecule has 1 aromatic rings. The first-order chi connectivity index (χ1) is 7.75. The number of alkyl halides is 3. The molecule has 0 fully saturated rings. The lowest BCUT2D eigenvalue weighted by Gasteiger charge is -2.09. The first-order valence-electron chi connectivity index (χ1n) is 4.52. The number of benzene rings is 1. The summed E-state index contributed by atoms with van der Waals surface area (Å²) in [5, 5.41) is 19.1. The quantitative estimate of drug-likeness (QED) is 0.592. The van der Waals surface area contributed by atoms with Gasteiger partial charge in [0.05, 0.1) is 22.5 Å². The highest BCUT2D eigenvalue weighted by molar-refractivity contribution is 5.43. The molecular weight excluding hydrogens is 237 g/mol. The molecule has 0 aliphatic rings. The number of rotatable bonds is 2. The zero-order chi connectivity index (χ0) is 13.2. The van der Waals surface area contributed by atoms with E-state index in [2.05, 4.69) is 0 Å². The number of nitro benzene ring substituents is 1. The summed E-state index contributed by atoms with van der Waals surface area (Å²) in [6, 6.07) is 3.91. The minimum atomic E-state index is -4.67. The molecule has 90 valence electrons. The van der Waals surface area contributed by atoms with Crippen LogP contribution in [0.2, 0.25) is 0 Å². The average Bonchev–Trinajstić information content (AvgIpc) is 2.26. The van der Waals surface area contributed by atoms with Crippen molar-refractivity contribution in [3.8, 4) is 6.07 Å². The lowest BCUT2D eigenvalue weighted by atomic mass is 9.99. The highest BCUT2D eigenvalue weighted by atomic mass is 19.4. The molecule has 4 nitrogen and oxygen atoms in total. The fourth-order valence-corrected chi connectivity index (χ4v) is 1.23. The minimum absolute atomic E-state index is 0.0194. The van der Waals surface area contributed by atoms with Gasteiger partial charge in [-0.05, 0) is 18.6 Å². The molecule has 0 aliphatic heterocycles. The Hall–Kier alpha value is -2.10. The van der Waals surface area contributed by atoms with E-state index in [4.69, 9.17) is 5.26 Å². The lowest BCUT2D eigenvalue weighted by molar-refractivity contribution is -0.385. The van der Waals surface area contributed by atoms with Crippen LogP contribution in [0.25, 0.3) is 0 Å². The van der Waals surface area contributed by atoms with Gasteiger partial charge in [-0.1, -0.05) is 0 Å². The zero-order valence-corrected chi connectivity index (χ0v) is 8.65. The van der Waals surface area contributed by atoms with Crippen LogP contribution in [0.3, 0.4) is 0 Å². The van der Waals surface area contributed by atoms with Crippen molar-refractivity contribution in [2.24, 2.45) is 0 Å². The average molecular weight is 244 g/mol. The van der Waals surface area contributed by atoms with E-state index >= 15 is 0 Å². The predicted molar refractivity (Wildman–Crippen MR) is 52.1 cm³/mol. The molecule has 7 heteroatoms. The van der Waals surface area contributed by atoms with Gasteiger partial charge in [0.25, 0.3) is 5.69 Å². The Kier molecular flexibility index (Phi) is 3.36. The number of nitrogens with zero attached hydrogens (tertiary/aromatic N) is 2. The van der Waals surface area contributed by atoms with Crippen LogP contribution in [0.5, 0.6) is 0 Å². The number of nitriles is 1. The number of non-ortho nitro benzene ring substituents is 1. The number of hydrogen-bond donors (Lipinski definition) is 0. The zero-order valence-electron chi connectivity index (χ0n) is 8.65. The van der Waals surface area contributed by atoms with Crippen molar-refractivity contribution in [2.45, 2.75) is 19.0 Å². The summed E-state index contributed by atoms with van der Waals surface area (Å²) in [7, 11) is 0. The topological polar surface area (TPSA) is 66.9 Å². The van der Waals surface area contributed by atoms with Crippen molar-refractivity contribution in [1.29, 1.82) is 5.26 Å². The maximum absolute atomic E-state index is 12.5. The molecule has 0 aliphatic carbocycles. The molecule has 1 rings (SSSR count). The van der Waals surface area contributed by atoms with Crippen molar-refractivity contribution < 1.29 is 18.1 Å². The fraction of sp³-hybridized carbons (Fsp3) is 0.300. The van der Waals surface area contributed by atoms with Crippen molar-refractivity contribution >= 4 is 5.69 Å². The van der Waals surface area contributed by atoms with E-state index in [1.165, 1.54) is 6.92 Å². The molecule has 0 heterocycles. The minimum Gasteiger partial charge on any atom is -0.258 e. The summed E-state index contributed by atoms with van der Waals surface area (Å²) in [6.45, 7) is 1.37. The molecular formula is C10H7F3N2O2. The van der Waals surface area contributed by atoms with Gasteiger partial charge in [0.1, 0.15) is 0 Å². The van der Waals surface area contributed by atoms with Crippen molar-refractivity contribution in [2.75, 3.05) is 0 Å². The Bertz CT molecular complexity index is 491. The molecule has 0 spiro atoms. The third kappa shape index (κ3) is 2.93. The third-order valence-corrected chi connectivity index (χ3v) is 2.17. The van der Waals surface area contributed by atoms with Crippen molar-refractivity contribution in [1.82, 2.24) is 0 Å². The molecule has 0 amide bonds. The SMILES string of the molecule is CC(C#N)c1cc([N+](=O)[O-])cc(C(F)(F)F)c1. The summed E-state index contributed by atoms with van der Waals surface area (Å²) in [5.74, 6) is -0.837. The Labute approximate surface area is 94.4 Å².